The van der Waals surface area contributed by atoms with Crippen molar-refractivity contribution in [3.63, 3.8) is 0 Å². The van der Waals surface area contributed by atoms with Gasteiger partial charge in [-0.3, -0.25) is 9.59 Å². The highest BCUT2D eigenvalue weighted by atomic mass is 16.4. The van der Waals surface area contributed by atoms with E-state index in [0.717, 1.165) is 17.7 Å². The quantitative estimate of drug-likeness (QED) is 0.800. The fraction of sp³-hybridized carbons (Fsp3) is 0.357. The molecule has 0 saturated carbocycles. The minimum Gasteiger partial charge on any atom is -0.480 e. The van der Waals surface area contributed by atoms with E-state index in [9.17, 15) is 9.59 Å². The number of carbonyl (C=O) groups is 2. The molecule has 0 bridgehead atoms. The number of aromatic nitrogens is 4. The molecule has 1 N–H and O–H groups in total. The Hall–Kier alpha value is -2.77. The second kappa shape index (κ2) is 7.30. The molecule has 0 saturated heterocycles. The van der Waals surface area contributed by atoms with Gasteiger partial charge in [-0.25, -0.2) is 4.68 Å². The normalized spacial score (nSPS) is 10.4. The van der Waals surface area contributed by atoms with E-state index in [2.05, 4.69) is 15.5 Å². The lowest BCUT2D eigenvalue weighted by Gasteiger charge is -2.20. The summed E-state index contributed by atoms with van der Waals surface area (Å²) in [5, 5.41) is 19.7. The lowest BCUT2D eigenvalue weighted by Crippen LogP contribution is -2.37. The Morgan fingerprint density at radius 3 is 2.55 bits per heavy atom. The molecule has 1 heterocycles. The number of amides is 1. The Kier molecular flexibility index (Phi) is 5.18. The second-order valence-electron chi connectivity index (χ2n) is 4.81. The lowest BCUT2D eigenvalue weighted by atomic mass is 10.1. The number of rotatable bonds is 7. The lowest BCUT2D eigenvalue weighted by molar-refractivity contribution is -0.144. The van der Waals surface area contributed by atoms with E-state index in [0.29, 0.717) is 6.54 Å². The van der Waals surface area contributed by atoms with E-state index < -0.39 is 5.97 Å². The van der Waals surface area contributed by atoms with Crippen molar-refractivity contribution >= 4 is 11.9 Å². The van der Waals surface area contributed by atoms with Crippen LogP contribution in [0.25, 0.3) is 5.69 Å². The zero-order valence-corrected chi connectivity index (χ0v) is 12.2. The van der Waals surface area contributed by atoms with Crippen LogP contribution in [-0.4, -0.2) is 55.2 Å². The van der Waals surface area contributed by atoms with Crippen LogP contribution in [0.2, 0.25) is 0 Å². The van der Waals surface area contributed by atoms with Gasteiger partial charge in [0.05, 0.1) is 12.1 Å². The molecule has 0 aliphatic rings. The van der Waals surface area contributed by atoms with Gasteiger partial charge in [0.15, 0.2) is 0 Å². The summed E-state index contributed by atoms with van der Waals surface area (Å²) in [5.41, 5.74) is 1.60. The summed E-state index contributed by atoms with van der Waals surface area (Å²) < 4.78 is 1.51. The molecule has 1 aromatic heterocycles. The van der Waals surface area contributed by atoms with Crippen molar-refractivity contribution in [3.8, 4) is 5.69 Å². The molecule has 1 amide bonds. The van der Waals surface area contributed by atoms with E-state index in [1.807, 2.05) is 6.92 Å². The smallest absolute Gasteiger partial charge is 0.323 e. The predicted octanol–water partition coefficient (Wildman–Crippen LogP) is 0.528. The Bertz CT molecular complexity index is 624. The van der Waals surface area contributed by atoms with Gasteiger partial charge in [-0.05, 0) is 34.5 Å². The molecule has 0 fully saturated rings. The SMILES string of the molecule is CCCN(CC(=O)O)C(=O)Cc1ccc(-n2cnnn2)cc1. The van der Waals surface area contributed by atoms with Gasteiger partial charge in [0, 0.05) is 6.54 Å². The Morgan fingerprint density at radius 2 is 2.00 bits per heavy atom. The monoisotopic (exact) mass is 303 g/mol. The molecule has 0 aliphatic heterocycles. The van der Waals surface area contributed by atoms with Crippen LogP contribution in [0.15, 0.2) is 30.6 Å². The molecule has 8 heteroatoms. The van der Waals surface area contributed by atoms with Crippen LogP contribution < -0.4 is 0 Å². The van der Waals surface area contributed by atoms with Crippen molar-refractivity contribution < 1.29 is 14.7 Å². The molecular weight excluding hydrogens is 286 g/mol. The maximum Gasteiger partial charge on any atom is 0.323 e. The molecule has 0 spiro atoms. The van der Waals surface area contributed by atoms with E-state index in [1.54, 1.807) is 24.3 Å². The fourth-order valence-corrected chi connectivity index (χ4v) is 2.06. The zero-order valence-electron chi connectivity index (χ0n) is 12.2. The van der Waals surface area contributed by atoms with Crippen LogP contribution >= 0.6 is 0 Å². The summed E-state index contributed by atoms with van der Waals surface area (Å²) in [5.74, 6) is -1.20. The molecule has 0 atom stereocenters. The molecule has 2 rings (SSSR count). The highest BCUT2D eigenvalue weighted by Crippen LogP contribution is 2.09. The first kappa shape index (κ1) is 15.6. The van der Waals surface area contributed by atoms with Gasteiger partial charge < -0.3 is 10.0 Å². The number of carboxylic acid groups (broad SMARTS) is 1. The van der Waals surface area contributed by atoms with Crippen molar-refractivity contribution in [1.82, 2.24) is 25.1 Å². The van der Waals surface area contributed by atoms with Gasteiger partial charge in [0.1, 0.15) is 12.9 Å². The first-order valence-corrected chi connectivity index (χ1v) is 6.92. The molecule has 1 aromatic carbocycles. The third-order valence-corrected chi connectivity index (χ3v) is 3.08. The number of tetrazole rings is 1. The molecule has 0 radical (unpaired) electrons. The average molecular weight is 303 g/mol. The van der Waals surface area contributed by atoms with Crippen molar-refractivity contribution in [3.05, 3.63) is 36.2 Å². The minimum atomic E-state index is -1.00. The van der Waals surface area contributed by atoms with Gasteiger partial charge in [-0.15, -0.1) is 5.10 Å². The van der Waals surface area contributed by atoms with Gasteiger partial charge in [-0.2, -0.15) is 0 Å². The number of aliphatic carboxylic acids is 1. The molecule has 8 nitrogen and oxygen atoms in total. The average Bonchev–Trinajstić information content (AvgIpc) is 3.01. The summed E-state index contributed by atoms with van der Waals surface area (Å²) in [6.07, 6.45) is 2.37. The van der Waals surface area contributed by atoms with Crippen LogP contribution in [0.1, 0.15) is 18.9 Å². The van der Waals surface area contributed by atoms with Crippen LogP contribution in [-0.2, 0) is 16.0 Å². The molecule has 2 aromatic rings. The summed E-state index contributed by atoms with van der Waals surface area (Å²) in [4.78, 5) is 24.3. The number of benzene rings is 1. The Balaban J connectivity index is 2.02. The Labute approximate surface area is 127 Å². The van der Waals surface area contributed by atoms with Gasteiger partial charge in [-0.1, -0.05) is 19.1 Å². The van der Waals surface area contributed by atoms with Crippen LogP contribution in [0, 0.1) is 0 Å². The van der Waals surface area contributed by atoms with Crippen LogP contribution in [0.4, 0.5) is 0 Å². The molecule has 0 unspecified atom stereocenters. The number of carboxylic acids is 1. The number of hydrogen-bond acceptors (Lipinski definition) is 5. The standard InChI is InChI=1S/C14H17N5O3/c1-2-7-18(9-14(21)22)13(20)8-11-3-5-12(6-4-11)19-10-15-16-17-19/h3-6,10H,2,7-9H2,1H3,(H,21,22). The number of carbonyl (C=O) groups excluding carboxylic acids is 1. The van der Waals surface area contributed by atoms with Gasteiger partial charge >= 0.3 is 5.97 Å². The number of hydrogen-bond donors (Lipinski definition) is 1. The summed E-state index contributed by atoms with van der Waals surface area (Å²) in [7, 11) is 0. The maximum atomic E-state index is 12.2. The molecular formula is C14H17N5O3. The van der Waals surface area contributed by atoms with E-state index in [4.69, 9.17) is 5.11 Å². The predicted molar refractivity (Wildman–Crippen MR) is 77.4 cm³/mol. The highest BCUT2D eigenvalue weighted by molar-refractivity contribution is 5.83. The molecule has 116 valence electrons. The summed E-state index contributed by atoms with van der Waals surface area (Å²) in [6, 6.07) is 7.22. The number of nitrogens with zero attached hydrogens (tertiary/aromatic N) is 5. The minimum absolute atomic E-state index is 0.170. The largest absolute Gasteiger partial charge is 0.480 e. The third-order valence-electron chi connectivity index (χ3n) is 3.08. The van der Waals surface area contributed by atoms with Crippen molar-refractivity contribution in [2.45, 2.75) is 19.8 Å². The maximum absolute atomic E-state index is 12.2. The van der Waals surface area contributed by atoms with Gasteiger partial charge in [0.25, 0.3) is 0 Å². The first-order valence-electron chi connectivity index (χ1n) is 6.92. The zero-order chi connectivity index (χ0) is 15.9. The molecule has 0 aliphatic carbocycles. The highest BCUT2D eigenvalue weighted by Gasteiger charge is 2.16. The van der Waals surface area contributed by atoms with Crippen LogP contribution in [0.3, 0.4) is 0 Å². The topological polar surface area (TPSA) is 101 Å². The van der Waals surface area contributed by atoms with E-state index in [-0.39, 0.29) is 18.9 Å². The fourth-order valence-electron chi connectivity index (χ4n) is 2.06. The van der Waals surface area contributed by atoms with E-state index >= 15 is 0 Å². The van der Waals surface area contributed by atoms with E-state index in [1.165, 1.54) is 15.9 Å². The first-order chi connectivity index (χ1) is 10.6. The van der Waals surface area contributed by atoms with Crippen molar-refractivity contribution in [2.75, 3.05) is 13.1 Å². The Morgan fingerprint density at radius 1 is 1.27 bits per heavy atom. The van der Waals surface area contributed by atoms with Crippen molar-refractivity contribution in [2.24, 2.45) is 0 Å². The second-order valence-corrected chi connectivity index (χ2v) is 4.81. The van der Waals surface area contributed by atoms with Crippen molar-refractivity contribution in [1.29, 1.82) is 0 Å². The third kappa shape index (κ3) is 4.11. The van der Waals surface area contributed by atoms with Crippen LogP contribution in [0.5, 0.6) is 0 Å². The van der Waals surface area contributed by atoms with Gasteiger partial charge in [0.2, 0.25) is 5.91 Å². The molecule has 22 heavy (non-hydrogen) atoms. The summed E-state index contributed by atoms with van der Waals surface area (Å²) >= 11 is 0. The summed E-state index contributed by atoms with van der Waals surface area (Å²) in [6.45, 7) is 2.08.